The largest absolute Gasteiger partial charge is 0.388 e. The van der Waals surface area contributed by atoms with E-state index in [9.17, 15) is 59.1 Å². The van der Waals surface area contributed by atoms with Gasteiger partial charge in [0, 0.05) is 6.54 Å². The number of allylic oxidation sites excluding steroid dienone is 2. The first-order valence-corrected chi connectivity index (χ1v) is 20.3. The summed E-state index contributed by atoms with van der Waals surface area (Å²) in [5.74, 6) is -2.34. The third kappa shape index (κ3) is 8.69. The zero-order chi connectivity index (χ0) is 40.1. The van der Waals surface area contributed by atoms with E-state index in [1.165, 1.54) is 22.0 Å². The van der Waals surface area contributed by atoms with Gasteiger partial charge in [-0.25, -0.2) is 14.8 Å². The highest BCUT2D eigenvalue weighted by Crippen LogP contribution is 2.58. The van der Waals surface area contributed by atoms with Crippen molar-refractivity contribution in [3.63, 3.8) is 0 Å². The summed E-state index contributed by atoms with van der Waals surface area (Å²) in [5.41, 5.74) is 8.38. The molecular formula is C30H41N8O15P2+. The van der Waals surface area contributed by atoms with Crippen LogP contribution in [-0.4, -0.2) is 176 Å². The molecule has 23 nitrogen and oxygen atoms in total. The minimum atomic E-state index is -5.07. The fraction of sp³-hybridized carbons (Fsp3) is 0.567. The van der Waals surface area contributed by atoms with E-state index < -0.39 is 114 Å². The Morgan fingerprint density at radius 2 is 1.69 bits per heavy atom. The highest BCUT2D eigenvalue weighted by atomic mass is 31.2. The summed E-state index contributed by atoms with van der Waals surface area (Å²) < 4.78 is 42.3. The van der Waals surface area contributed by atoms with Gasteiger partial charge in [-0.1, -0.05) is 23.3 Å². The van der Waals surface area contributed by atoms with E-state index in [1.54, 1.807) is 12.2 Å². The molecule has 0 bridgehead atoms. The molecule has 1 aromatic heterocycles. The van der Waals surface area contributed by atoms with Crippen molar-refractivity contribution < 1.29 is 77.5 Å². The summed E-state index contributed by atoms with van der Waals surface area (Å²) in [6.07, 6.45) is -7.66. The Kier molecular flexibility index (Phi) is 11.7. The second-order valence-corrected chi connectivity index (χ2v) is 17.8. The maximum absolute atomic E-state index is 12.8. The number of imide groups is 1. The van der Waals surface area contributed by atoms with Gasteiger partial charge in [0.05, 0.1) is 25.3 Å². The first-order valence-electron chi connectivity index (χ1n) is 16.8. The third-order valence-electron chi connectivity index (χ3n) is 9.63. The number of carbonyl (C=O) groups is 2. The quantitative estimate of drug-likeness (QED) is 0.0638. The summed E-state index contributed by atoms with van der Waals surface area (Å²) in [5, 5.41) is 66.0. The van der Waals surface area contributed by atoms with Crippen LogP contribution in [-0.2, 0) is 34.3 Å². The van der Waals surface area contributed by atoms with Crippen molar-refractivity contribution in [2.24, 2.45) is 9.98 Å². The summed E-state index contributed by atoms with van der Waals surface area (Å²) in [7, 11) is -10.0. The highest BCUT2D eigenvalue weighted by molar-refractivity contribution is 7.70. The van der Waals surface area contributed by atoms with E-state index in [2.05, 4.69) is 20.0 Å². The Balaban J connectivity index is 1.01. The minimum absolute atomic E-state index is 0.145. The Labute approximate surface area is 311 Å². The van der Waals surface area contributed by atoms with E-state index >= 15 is 0 Å². The van der Waals surface area contributed by atoms with Crippen LogP contribution < -0.4 is 11.1 Å². The molecule has 55 heavy (non-hydrogen) atoms. The minimum Gasteiger partial charge on any atom is -0.388 e. The predicted octanol–water partition coefficient (Wildman–Crippen LogP) is -3.70. The number of hydrogen-bond acceptors (Lipinski definition) is 18. The molecule has 4 aliphatic heterocycles. The summed E-state index contributed by atoms with van der Waals surface area (Å²) >= 11 is 0. The van der Waals surface area contributed by atoms with E-state index in [4.69, 9.17) is 19.5 Å². The second kappa shape index (κ2) is 15.7. The average Bonchev–Trinajstić information content (AvgIpc) is 3.67. The number of aliphatic hydroxyl groups is 6. The van der Waals surface area contributed by atoms with E-state index in [1.807, 2.05) is 19.2 Å². The molecule has 25 heteroatoms. The number of nitrogen functional groups attached to an aromatic ring is 1. The van der Waals surface area contributed by atoms with Crippen molar-refractivity contribution >= 4 is 50.7 Å². The molecule has 12 atom stereocenters. The van der Waals surface area contributed by atoms with E-state index in [-0.39, 0.29) is 23.9 Å². The van der Waals surface area contributed by atoms with E-state index in [0.29, 0.717) is 11.3 Å². The lowest BCUT2D eigenvalue weighted by atomic mass is 9.89. The molecule has 0 spiro atoms. The van der Waals surface area contributed by atoms with Crippen LogP contribution in [0.25, 0.3) is 0 Å². The van der Waals surface area contributed by atoms with Gasteiger partial charge in [-0.2, -0.15) is 9.57 Å². The molecule has 6 rings (SSSR count). The standard InChI is InChI=1S/C30H40N8O15P2/c1-12-3-15-17(4-13(12)2)38(27-21(34-15)28(45)36-30(46)35-27)7-18(39)22(41)23(42)19(40)8-51-54(47,48)11-55(49,50)52-9-20-24(43)25(44)29(53-20)37-5-14-16(6-37)32-10-33-26(14)31/h3-5,10,15,17-20,22-25,29,31,39-44H,6-9,11H2,1-2H3,(H3,36,45,46,47,48,49,50)/p+1/t15?,17?,18?,19?,20-,22?,23?,24+,25?,29-/m1/s1. The molecule has 3 amide bonds. The van der Waals surface area contributed by atoms with Crippen molar-refractivity contribution in [3.8, 4) is 0 Å². The second-order valence-electron chi connectivity index (χ2n) is 13.6. The van der Waals surface area contributed by atoms with Gasteiger partial charge in [-0.15, -0.1) is 0 Å². The zero-order valence-corrected chi connectivity index (χ0v) is 31.0. The van der Waals surface area contributed by atoms with Crippen LogP contribution in [0.1, 0.15) is 25.1 Å². The number of fused-ring (bicyclic) bond motifs is 3. The average molecular weight is 816 g/mol. The number of hydrogen-bond donors (Lipinski definition) is 10. The predicted molar refractivity (Wildman–Crippen MR) is 187 cm³/mol. The maximum atomic E-state index is 12.8. The number of amides is 3. The van der Waals surface area contributed by atoms with Gasteiger partial charge in [0.25, 0.3) is 12.1 Å². The molecule has 1 saturated heterocycles. The molecule has 1 aliphatic carbocycles. The number of anilines is 1. The smallest absolute Gasteiger partial charge is 0.349 e. The molecule has 5 heterocycles. The Morgan fingerprint density at radius 3 is 2.40 bits per heavy atom. The van der Waals surface area contributed by atoms with E-state index in [0.717, 1.165) is 11.1 Å². The monoisotopic (exact) mass is 815 g/mol. The molecular weight excluding hydrogens is 774 g/mol. The Hall–Kier alpha value is -3.67. The molecule has 11 N–H and O–H groups in total. The topological polar surface area (TPSA) is 353 Å². The lowest BCUT2D eigenvalue weighted by Gasteiger charge is -2.43. The first-order chi connectivity index (χ1) is 25.7. The number of carbonyl (C=O) groups excluding carboxylic acids is 2. The zero-order valence-electron chi connectivity index (χ0n) is 29.2. The number of rotatable bonds is 14. The molecule has 0 saturated carbocycles. The lowest BCUT2D eigenvalue weighted by molar-refractivity contribution is -0.624. The van der Waals surface area contributed by atoms with Gasteiger partial charge >= 0.3 is 21.2 Å². The molecule has 5 aliphatic rings. The molecule has 9 unspecified atom stereocenters. The number of urea groups is 1. The number of β-amino-alcohol motifs (C(OH)–C–C–N with tert-alkyl or cyclic N) is 1. The normalized spacial score (nSPS) is 30.5. The fourth-order valence-electron chi connectivity index (χ4n) is 6.57. The number of ether oxygens (including phenoxy) is 1. The number of nitrogens with one attached hydrogen (secondary N) is 1. The van der Waals surface area contributed by atoms with Crippen molar-refractivity contribution in [1.29, 1.82) is 0 Å². The van der Waals surface area contributed by atoms with Crippen molar-refractivity contribution in [2.45, 2.75) is 81.4 Å². The van der Waals surface area contributed by atoms with Gasteiger partial charge in [0.2, 0.25) is 0 Å². The third-order valence-corrected chi connectivity index (χ3v) is 13.6. The van der Waals surface area contributed by atoms with Gasteiger partial charge in [-0.05, 0) is 13.8 Å². The Bertz CT molecular complexity index is 1990. The van der Waals surface area contributed by atoms with Gasteiger partial charge in [0.15, 0.2) is 36.3 Å². The number of amidine groups is 1. The SMILES string of the molecule is CC1=CC2N=C3C(=O)NC(=O)N=C3N(CC(O)C(O)C(O)C(O)COP(=O)(O)CP(=O)(O)OC[C@H]3O[C@@H]([N+]4=Cc5c(N)ncnc5C4)C(O)[C@H]3O)C2C=C1C. The number of nitrogens with zero attached hydrogens (tertiary/aromatic N) is 6. The van der Waals surface area contributed by atoms with Gasteiger partial charge in [0.1, 0.15) is 60.0 Å². The van der Waals surface area contributed by atoms with Crippen LogP contribution >= 0.6 is 15.2 Å². The number of nitrogens with two attached hydrogens (primary N) is 1. The number of aliphatic imine (C=N–C) groups is 2. The first kappa shape index (κ1) is 41.0. The van der Waals surface area contributed by atoms with Crippen LogP contribution in [0.3, 0.4) is 0 Å². The fourth-order valence-corrected chi connectivity index (χ4v) is 9.79. The molecule has 0 radical (unpaired) electrons. The summed E-state index contributed by atoms with van der Waals surface area (Å²) in [4.78, 5) is 62.8. The Morgan fingerprint density at radius 1 is 1.02 bits per heavy atom. The molecule has 1 fully saturated rings. The van der Waals surface area contributed by atoms with Gasteiger partial charge in [-0.3, -0.25) is 24.2 Å². The number of aliphatic hydroxyl groups excluding tert-OH is 6. The van der Waals surface area contributed by atoms with Crippen LogP contribution in [0, 0.1) is 0 Å². The van der Waals surface area contributed by atoms with Crippen LogP contribution in [0.15, 0.2) is 39.6 Å². The molecule has 300 valence electrons. The highest BCUT2D eigenvalue weighted by Gasteiger charge is 2.51. The van der Waals surface area contributed by atoms with Gasteiger partial charge < -0.3 is 64.8 Å². The number of aromatic nitrogens is 2. The maximum Gasteiger partial charge on any atom is 0.349 e. The summed E-state index contributed by atoms with van der Waals surface area (Å²) in [6.45, 7) is 1.28. The van der Waals surface area contributed by atoms with Crippen molar-refractivity contribution in [3.05, 3.63) is 40.9 Å². The van der Waals surface area contributed by atoms with Crippen LogP contribution in [0.5, 0.6) is 0 Å². The summed E-state index contributed by atoms with van der Waals surface area (Å²) in [6, 6.07) is -2.29. The molecule has 0 aromatic carbocycles. The van der Waals surface area contributed by atoms with Crippen molar-refractivity contribution in [2.75, 3.05) is 31.4 Å². The molecule has 1 aromatic rings. The lowest BCUT2D eigenvalue weighted by Crippen LogP contribution is -2.62. The van der Waals surface area contributed by atoms with Crippen molar-refractivity contribution in [1.82, 2.24) is 20.2 Å². The van der Waals surface area contributed by atoms with Crippen LogP contribution in [0.2, 0.25) is 0 Å². The van der Waals surface area contributed by atoms with Crippen LogP contribution in [0.4, 0.5) is 10.6 Å².